The fourth-order valence-electron chi connectivity index (χ4n) is 2.93. The molecule has 4 aromatic rings. The smallest absolute Gasteiger partial charge is 0.160 e. The first-order valence-corrected chi connectivity index (χ1v) is 10.7. The molecule has 2 N–H and O–H groups in total. The van der Waals surface area contributed by atoms with E-state index in [1.807, 2.05) is 30.3 Å². The van der Waals surface area contributed by atoms with E-state index in [9.17, 15) is 8.78 Å². The highest BCUT2D eigenvalue weighted by atomic mass is 127. The zero-order valence-electron chi connectivity index (χ0n) is 16.2. The molecule has 0 fully saturated rings. The second kappa shape index (κ2) is 9.58. The number of nitrogens with one attached hydrogen (secondary N) is 2. The van der Waals surface area contributed by atoms with Gasteiger partial charge in [-0.1, -0.05) is 17.7 Å². The van der Waals surface area contributed by atoms with Crippen LogP contribution in [0, 0.1) is 20.7 Å². The van der Waals surface area contributed by atoms with Crippen LogP contribution in [0.15, 0.2) is 78.0 Å². The third kappa shape index (κ3) is 4.86. The van der Waals surface area contributed by atoms with Crippen LogP contribution in [0.4, 0.5) is 14.5 Å². The van der Waals surface area contributed by atoms with E-state index < -0.39 is 11.6 Å². The molecular formula is C23H14ClF2IN4O. The first kappa shape index (κ1) is 22.1. The highest BCUT2D eigenvalue weighted by Gasteiger charge is 2.10. The number of aromatic nitrogens is 1. The fourth-order valence-corrected chi connectivity index (χ4v) is 3.53. The van der Waals surface area contributed by atoms with Crippen molar-refractivity contribution < 1.29 is 13.5 Å². The molecule has 0 bridgehead atoms. The number of fused-ring (bicyclic) bond motifs is 1. The van der Waals surface area contributed by atoms with Crippen LogP contribution in [0.1, 0.15) is 5.69 Å². The lowest BCUT2D eigenvalue weighted by Gasteiger charge is -2.10. The average molecular weight is 563 g/mol. The van der Waals surface area contributed by atoms with Gasteiger partial charge < -0.3 is 10.1 Å². The minimum absolute atomic E-state index is 0.218. The minimum atomic E-state index is -0.973. The topological polar surface area (TPSA) is 70.4 Å². The monoisotopic (exact) mass is 562 g/mol. The van der Waals surface area contributed by atoms with Crippen molar-refractivity contribution in [1.29, 1.82) is 5.53 Å². The lowest BCUT2D eigenvalue weighted by molar-refractivity contribution is 0.488. The first-order chi connectivity index (χ1) is 15.4. The molecule has 0 aliphatic carbocycles. The maximum atomic E-state index is 13.4. The van der Waals surface area contributed by atoms with Gasteiger partial charge in [-0.3, -0.25) is 0 Å². The molecule has 4 rings (SSSR count). The minimum Gasteiger partial charge on any atom is -0.457 e. The van der Waals surface area contributed by atoms with Crippen molar-refractivity contribution in [3.63, 3.8) is 0 Å². The van der Waals surface area contributed by atoms with Crippen molar-refractivity contribution in [3.8, 4) is 11.5 Å². The van der Waals surface area contributed by atoms with Crippen molar-refractivity contribution in [2.24, 2.45) is 5.11 Å². The average Bonchev–Trinajstić information content (AvgIpc) is 2.79. The Labute approximate surface area is 200 Å². The van der Waals surface area contributed by atoms with Crippen LogP contribution in [0.5, 0.6) is 11.5 Å². The molecule has 5 nitrogen and oxygen atoms in total. The summed E-state index contributed by atoms with van der Waals surface area (Å²) < 4.78 is 33.4. The predicted octanol–water partition coefficient (Wildman–Crippen LogP) is 8.00. The van der Waals surface area contributed by atoms with Gasteiger partial charge in [0.25, 0.3) is 0 Å². The Morgan fingerprint density at radius 1 is 1.06 bits per heavy atom. The van der Waals surface area contributed by atoms with E-state index in [2.05, 4.69) is 38.0 Å². The van der Waals surface area contributed by atoms with Gasteiger partial charge in [0, 0.05) is 26.9 Å². The van der Waals surface area contributed by atoms with Gasteiger partial charge in [0.05, 0.1) is 16.2 Å². The number of ether oxygens (including phenoxy) is 1. The molecule has 0 aliphatic heterocycles. The van der Waals surface area contributed by atoms with Gasteiger partial charge in [-0.2, -0.15) is 5.11 Å². The summed E-state index contributed by atoms with van der Waals surface area (Å²) in [7, 11) is 0. The number of benzene rings is 3. The molecule has 1 aromatic heterocycles. The summed E-state index contributed by atoms with van der Waals surface area (Å²) in [5.74, 6) is -0.646. The second-order valence-electron chi connectivity index (χ2n) is 6.61. The number of rotatable bonds is 6. The summed E-state index contributed by atoms with van der Waals surface area (Å²) in [6.45, 7) is 0. The summed E-state index contributed by atoms with van der Waals surface area (Å²) in [5.41, 5.74) is 9.09. The normalized spacial score (nSPS) is 11.4. The largest absolute Gasteiger partial charge is 0.457 e. The number of hydrogen-bond donors (Lipinski definition) is 2. The van der Waals surface area contributed by atoms with Crippen LogP contribution in [0.25, 0.3) is 16.6 Å². The van der Waals surface area contributed by atoms with Gasteiger partial charge in [-0.15, -0.1) is 0 Å². The van der Waals surface area contributed by atoms with E-state index in [1.54, 1.807) is 18.2 Å². The number of nitrogens with zero attached hydrogens (tertiary/aromatic N) is 2. The molecule has 0 radical (unpaired) electrons. The van der Waals surface area contributed by atoms with Crippen LogP contribution in [-0.2, 0) is 0 Å². The summed E-state index contributed by atoms with van der Waals surface area (Å²) >= 11 is 8.21. The van der Waals surface area contributed by atoms with E-state index in [4.69, 9.17) is 21.9 Å². The Morgan fingerprint density at radius 3 is 2.66 bits per heavy atom. The molecule has 0 aliphatic rings. The van der Waals surface area contributed by atoms with Crippen LogP contribution in [0.3, 0.4) is 0 Å². The Balaban J connectivity index is 1.62. The standard InChI is InChI=1S/C23H14ClF2IN4O/c24-16-7-5-14(11-19(16)27)32-23-3-1-2-20-15(23)6-9-21(30-20)22(31-28)12-29-13-4-8-17(25)18(26)10-13/h1-12,28-29H/b22-12-,31-28?. The predicted molar refractivity (Wildman–Crippen MR) is 129 cm³/mol. The summed E-state index contributed by atoms with van der Waals surface area (Å²) in [4.78, 5) is 4.57. The molecule has 1 heterocycles. The Morgan fingerprint density at radius 2 is 1.91 bits per heavy atom. The third-order valence-corrected chi connectivity index (χ3v) is 6.03. The van der Waals surface area contributed by atoms with Gasteiger partial charge in [0.1, 0.15) is 17.2 Å². The Bertz CT molecular complexity index is 1360. The molecular weight excluding hydrogens is 549 g/mol. The zero-order chi connectivity index (χ0) is 22.7. The van der Waals surface area contributed by atoms with Crippen molar-refractivity contribution in [2.45, 2.75) is 0 Å². The summed E-state index contributed by atoms with van der Waals surface area (Å²) in [6.07, 6.45) is 1.41. The van der Waals surface area contributed by atoms with Crippen molar-refractivity contribution >= 4 is 56.5 Å². The molecule has 0 unspecified atom stereocenters. The van der Waals surface area contributed by atoms with E-state index in [0.29, 0.717) is 33.4 Å². The van der Waals surface area contributed by atoms with Crippen LogP contribution in [0.2, 0.25) is 5.02 Å². The molecule has 0 spiro atoms. The van der Waals surface area contributed by atoms with Crippen LogP contribution < -0.4 is 10.1 Å². The zero-order valence-corrected chi connectivity index (χ0v) is 19.2. The van der Waals surface area contributed by atoms with Gasteiger partial charge >= 0.3 is 0 Å². The highest BCUT2D eigenvalue weighted by Crippen LogP contribution is 2.32. The Kier molecular flexibility index (Phi) is 6.61. The second-order valence-corrected chi connectivity index (χ2v) is 8.18. The van der Waals surface area contributed by atoms with Gasteiger partial charge in [0.15, 0.2) is 11.6 Å². The number of halogens is 4. The van der Waals surface area contributed by atoms with Crippen molar-refractivity contribution in [2.75, 3.05) is 5.32 Å². The molecule has 0 amide bonds. The van der Waals surface area contributed by atoms with Gasteiger partial charge in [-0.05, 0) is 77.2 Å². The lowest BCUT2D eigenvalue weighted by atomic mass is 10.1. The van der Waals surface area contributed by atoms with Crippen LogP contribution in [-0.4, -0.2) is 4.98 Å². The molecule has 32 heavy (non-hydrogen) atoms. The SMILES string of the molecule is N=N/C(=C\Nc1ccc(F)c(F)c1)c1ccc2c(Oc3ccc(Cl)c(I)c3)cccc2n1. The van der Waals surface area contributed by atoms with E-state index in [0.717, 1.165) is 21.1 Å². The molecule has 3 aromatic carbocycles. The van der Waals surface area contributed by atoms with Crippen molar-refractivity contribution in [3.05, 3.63) is 98.9 Å². The molecule has 0 atom stereocenters. The summed E-state index contributed by atoms with van der Waals surface area (Å²) in [5, 5.41) is 7.73. The number of pyridine rings is 1. The van der Waals surface area contributed by atoms with Crippen molar-refractivity contribution in [1.82, 2.24) is 4.98 Å². The quantitative estimate of drug-likeness (QED) is 0.185. The Hall–Kier alpha value is -3.11. The fraction of sp³-hybridized carbons (Fsp3) is 0. The lowest BCUT2D eigenvalue weighted by Crippen LogP contribution is -1.95. The number of hydrogen-bond acceptors (Lipinski definition) is 5. The maximum absolute atomic E-state index is 13.4. The maximum Gasteiger partial charge on any atom is 0.160 e. The molecule has 160 valence electrons. The van der Waals surface area contributed by atoms with Gasteiger partial charge in [0.2, 0.25) is 0 Å². The highest BCUT2D eigenvalue weighted by molar-refractivity contribution is 14.1. The third-order valence-electron chi connectivity index (χ3n) is 4.49. The van der Waals surface area contributed by atoms with E-state index in [1.165, 1.54) is 12.3 Å². The molecule has 0 saturated carbocycles. The van der Waals surface area contributed by atoms with E-state index in [-0.39, 0.29) is 5.70 Å². The number of anilines is 1. The first-order valence-electron chi connectivity index (χ1n) is 9.27. The molecule has 9 heteroatoms. The van der Waals surface area contributed by atoms with E-state index >= 15 is 0 Å². The van der Waals surface area contributed by atoms with Crippen LogP contribution >= 0.6 is 34.2 Å². The van der Waals surface area contributed by atoms with Gasteiger partial charge in [-0.25, -0.2) is 19.3 Å². The summed E-state index contributed by atoms with van der Waals surface area (Å²) in [6, 6.07) is 17.8. The molecule has 0 saturated heterocycles.